The van der Waals surface area contributed by atoms with E-state index in [-0.39, 0.29) is 35.9 Å². The molecular formula is C17H33IN4O2. The first-order valence-corrected chi connectivity index (χ1v) is 8.93. The van der Waals surface area contributed by atoms with Crippen molar-refractivity contribution in [2.45, 2.75) is 45.1 Å². The van der Waals surface area contributed by atoms with Crippen LogP contribution in [-0.2, 0) is 9.53 Å². The fourth-order valence-electron chi connectivity index (χ4n) is 3.63. The van der Waals surface area contributed by atoms with E-state index in [9.17, 15) is 4.79 Å². The number of carbonyl (C=O) groups excluding carboxylic acids is 1. The largest absolute Gasteiger partial charge is 0.469 e. The lowest BCUT2D eigenvalue weighted by Gasteiger charge is -2.35. The number of methoxy groups -OCH3 is 1. The number of piperidine rings is 2. The molecule has 1 unspecified atom stereocenters. The highest BCUT2D eigenvalue weighted by Crippen LogP contribution is 2.18. The fraction of sp³-hybridized carbons (Fsp3) is 0.882. The Morgan fingerprint density at radius 3 is 2.50 bits per heavy atom. The van der Waals surface area contributed by atoms with E-state index < -0.39 is 0 Å². The smallest absolute Gasteiger partial charge is 0.308 e. The summed E-state index contributed by atoms with van der Waals surface area (Å²) in [5.41, 5.74) is 0. The van der Waals surface area contributed by atoms with Gasteiger partial charge in [-0.1, -0.05) is 6.42 Å². The lowest BCUT2D eigenvalue weighted by Crippen LogP contribution is -2.49. The second kappa shape index (κ2) is 11.1. The summed E-state index contributed by atoms with van der Waals surface area (Å²) in [7, 11) is 3.30. The Labute approximate surface area is 163 Å². The Bertz CT molecular complexity index is 411. The first kappa shape index (κ1) is 21.5. The van der Waals surface area contributed by atoms with Crippen LogP contribution >= 0.6 is 24.0 Å². The predicted octanol–water partition coefficient (Wildman–Crippen LogP) is 1.94. The SMILES string of the molecule is CN=C(NCCN1CCCCC1C)N1CCC(C(=O)OC)CC1.I. The summed E-state index contributed by atoms with van der Waals surface area (Å²) in [6, 6.07) is 0.698. The first-order chi connectivity index (χ1) is 11.2. The minimum Gasteiger partial charge on any atom is -0.469 e. The number of rotatable bonds is 4. The molecule has 0 radical (unpaired) electrons. The van der Waals surface area contributed by atoms with Gasteiger partial charge in [0.2, 0.25) is 0 Å². The third-order valence-corrected chi connectivity index (χ3v) is 5.16. The molecule has 0 aromatic rings. The molecule has 1 N–H and O–H groups in total. The monoisotopic (exact) mass is 452 g/mol. The number of aliphatic imine (C=N–C) groups is 1. The molecule has 2 aliphatic rings. The van der Waals surface area contributed by atoms with Gasteiger partial charge in [-0.05, 0) is 39.2 Å². The quantitative estimate of drug-likeness (QED) is 0.306. The van der Waals surface area contributed by atoms with Gasteiger partial charge in [-0.2, -0.15) is 0 Å². The second-order valence-electron chi connectivity index (χ2n) is 6.64. The standard InChI is InChI=1S/C17H32N4O2.HI/c1-14-6-4-5-10-20(14)13-9-19-17(18-2)21-11-7-15(8-12-21)16(22)23-3;/h14-15H,4-13H2,1-3H3,(H,18,19);1H. The summed E-state index contributed by atoms with van der Waals surface area (Å²) in [4.78, 5) is 20.8. The van der Waals surface area contributed by atoms with Crippen LogP contribution in [0.2, 0.25) is 0 Å². The van der Waals surface area contributed by atoms with Crippen molar-refractivity contribution in [2.24, 2.45) is 10.9 Å². The number of likely N-dealkylation sites (tertiary alicyclic amines) is 2. The number of ether oxygens (including phenoxy) is 1. The second-order valence-corrected chi connectivity index (χ2v) is 6.64. The lowest BCUT2D eigenvalue weighted by molar-refractivity contribution is -0.146. The molecule has 0 spiro atoms. The van der Waals surface area contributed by atoms with Crippen molar-refractivity contribution in [1.29, 1.82) is 0 Å². The van der Waals surface area contributed by atoms with Crippen molar-refractivity contribution in [3.8, 4) is 0 Å². The molecule has 2 saturated heterocycles. The number of nitrogens with one attached hydrogen (secondary N) is 1. The van der Waals surface area contributed by atoms with Gasteiger partial charge in [0.1, 0.15) is 0 Å². The zero-order valence-corrected chi connectivity index (χ0v) is 17.6. The van der Waals surface area contributed by atoms with Gasteiger partial charge in [-0.3, -0.25) is 14.7 Å². The van der Waals surface area contributed by atoms with E-state index in [4.69, 9.17) is 4.74 Å². The van der Waals surface area contributed by atoms with Crippen LogP contribution in [0.25, 0.3) is 0 Å². The van der Waals surface area contributed by atoms with Crippen molar-refractivity contribution in [1.82, 2.24) is 15.1 Å². The zero-order chi connectivity index (χ0) is 16.7. The number of hydrogen-bond acceptors (Lipinski definition) is 4. The van der Waals surface area contributed by atoms with Crippen LogP contribution < -0.4 is 5.32 Å². The van der Waals surface area contributed by atoms with E-state index in [2.05, 4.69) is 27.0 Å². The van der Waals surface area contributed by atoms with Crippen LogP contribution in [0.5, 0.6) is 0 Å². The summed E-state index contributed by atoms with van der Waals surface area (Å²) in [5, 5.41) is 3.48. The van der Waals surface area contributed by atoms with Crippen molar-refractivity contribution in [3.05, 3.63) is 0 Å². The van der Waals surface area contributed by atoms with Gasteiger partial charge in [0.05, 0.1) is 13.0 Å². The molecule has 0 amide bonds. The molecule has 24 heavy (non-hydrogen) atoms. The van der Waals surface area contributed by atoms with E-state index in [0.717, 1.165) is 45.0 Å². The van der Waals surface area contributed by atoms with Crippen LogP contribution in [0, 0.1) is 5.92 Å². The molecule has 6 nitrogen and oxygen atoms in total. The average Bonchev–Trinajstić information content (AvgIpc) is 2.60. The van der Waals surface area contributed by atoms with Gasteiger partial charge >= 0.3 is 5.97 Å². The van der Waals surface area contributed by atoms with Crippen LogP contribution in [0.1, 0.15) is 39.0 Å². The zero-order valence-electron chi connectivity index (χ0n) is 15.3. The highest BCUT2D eigenvalue weighted by molar-refractivity contribution is 14.0. The van der Waals surface area contributed by atoms with E-state index in [0.29, 0.717) is 6.04 Å². The number of guanidine groups is 1. The van der Waals surface area contributed by atoms with Gasteiger partial charge in [-0.15, -0.1) is 24.0 Å². The van der Waals surface area contributed by atoms with E-state index in [1.807, 2.05) is 7.05 Å². The van der Waals surface area contributed by atoms with Crippen molar-refractivity contribution in [3.63, 3.8) is 0 Å². The summed E-state index contributed by atoms with van der Waals surface area (Å²) in [5.74, 6) is 0.924. The third-order valence-electron chi connectivity index (χ3n) is 5.16. The minimum atomic E-state index is -0.0771. The Morgan fingerprint density at radius 1 is 1.21 bits per heavy atom. The Balaban J connectivity index is 0.00000288. The maximum Gasteiger partial charge on any atom is 0.308 e. The summed E-state index contributed by atoms with van der Waals surface area (Å²) >= 11 is 0. The maximum atomic E-state index is 11.6. The molecule has 0 aromatic heterocycles. The summed E-state index contributed by atoms with van der Waals surface area (Å²) in [6.45, 7) is 7.25. The molecular weight excluding hydrogens is 419 g/mol. The number of carbonyl (C=O) groups is 1. The summed E-state index contributed by atoms with van der Waals surface area (Å²) < 4.78 is 4.84. The molecule has 7 heteroatoms. The minimum absolute atomic E-state index is 0. The molecule has 2 rings (SSSR count). The predicted molar refractivity (Wildman–Crippen MR) is 108 cm³/mol. The summed E-state index contributed by atoms with van der Waals surface area (Å²) in [6.07, 6.45) is 5.69. The van der Waals surface area contributed by atoms with Crippen molar-refractivity contribution >= 4 is 35.9 Å². The normalized spacial score (nSPS) is 23.5. The Hall–Kier alpha value is -0.570. The molecule has 2 heterocycles. The third kappa shape index (κ3) is 6.06. The van der Waals surface area contributed by atoms with E-state index >= 15 is 0 Å². The average molecular weight is 452 g/mol. The van der Waals surface area contributed by atoms with Crippen LogP contribution in [0.4, 0.5) is 0 Å². The fourth-order valence-corrected chi connectivity index (χ4v) is 3.63. The highest BCUT2D eigenvalue weighted by atomic mass is 127. The molecule has 140 valence electrons. The molecule has 0 bridgehead atoms. The maximum absolute atomic E-state index is 11.6. The molecule has 1 atom stereocenters. The lowest BCUT2D eigenvalue weighted by atomic mass is 9.97. The number of esters is 1. The Morgan fingerprint density at radius 2 is 1.92 bits per heavy atom. The first-order valence-electron chi connectivity index (χ1n) is 8.93. The molecule has 0 aliphatic carbocycles. The Kier molecular flexibility index (Phi) is 9.95. The molecule has 0 aromatic carbocycles. The van der Waals surface area contributed by atoms with Crippen molar-refractivity contribution in [2.75, 3.05) is 46.9 Å². The van der Waals surface area contributed by atoms with Gasteiger partial charge in [0.25, 0.3) is 0 Å². The van der Waals surface area contributed by atoms with E-state index in [1.54, 1.807) is 0 Å². The van der Waals surface area contributed by atoms with Gasteiger partial charge in [0, 0.05) is 39.3 Å². The molecule has 2 fully saturated rings. The molecule has 2 aliphatic heterocycles. The number of nitrogens with zero attached hydrogens (tertiary/aromatic N) is 3. The van der Waals surface area contributed by atoms with Crippen LogP contribution in [0.15, 0.2) is 4.99 Å². The highest BCUT2D eigenvalue weighted by Gasteiger charge is 2.27. The van der Waals surface area contributed by atoms with Gasteiger partial charge in [0.15, 0.2) is 5.96 Å². The topological polar surface area (TPSA) is 57.2 Å². The van der Waals surface area contributed by atoms with E-state index in [1.165, 1.54) is 32.9 Å². The van der Waals surface area contributed by atoms with Crippen LogP contribution in [0.3, 0.4) is 0 Å². The van der Waals surface area contributed by atoms with Crippen LogP contribution in [-0.4, -0.2) is 74.7 Å². The van der Waals surface area contributed by atoms with Crippen molar-refractivity contribution < 1.29 is 9.53 Å². The molecule has 0 saturated carbocycles. The number of halogens is 1. The number of hydrogen-bond donors (Lipinski definition) is 1. The van der Waals surface area contributed by atoms with Gasteiger partial charge in [-0.25, -0.2) is 0 Å². The van der Waals surface area contributed by atoms with Gasteiger partial charge < -0.3 is 15.0 Å².